The lowest BCUT2D eigenvalue weighted by Crippen LogP contribution is -2.24. The highest BCUT2D eigenvalue weighted by Crippen LogP contribution is 2.20. The molecule has 120 valence electrons. The number of rotatable bonds is 5. The minimum absolute atomic E-state index is 0.115. The Morgan fingerprint density at radius 3 is 2.74 bits per heavy atom. The van der Waals surface area contributed by atoms with Crippen LogP contribution in [0.1, 0.15) is 16.7 Å². The predicted molar refractivity (Wildman–Crippen MR) is 93.6 cm³/mol. The van der Waals surface area contributed by atoms with E-state index in [2.05, 4.69) is 10.5 Å². The molecule has 2 rings (SSSR count). The Hall–Kier alpha value is -2.04. The predicted octanol–water partition coefficient (Wildman–Crippen LogP) is 4.14. The van der Waals surface area contributed by atoms with Gasteiger partial charge < -0.3 is 4.74 Å². The van der Waals surface area contributed by atoms with E-state index in [9.17, 15) is 4.79 Å². The fourth-order valence-corrected chi connectivity index (χ4v) is 2.28. The smallest absolute Gasteiger partial charge is 0.277 e. The van der Waals surface area contributed by atoms with Crippen LogP contribution in [0.2, 0.25) is 10.0 Å². The Morgan fingerprint density at radius 2 is 2.00 bits per heavy atom. The molecule has 1 N–H and O–H groups in total. The molecular formula is C17H16Cl2N2O2. The van der Waals surface area contributed by atoms with Gasteiger partial charge in [-0.15, -0.1) is 0 Å². The highest BCUT2D eigenvalue weighted by Gasteiger charge is 2.04. The lowest BCUT2D eigenvalue weighted by atomic mass is 10.1. The van der Waals surface area contributed by atoms with Gasteiger partial charge in [0.2, 0.25) is 0 Å². The van der Waals surface area contributed by atoms with E-state index < -0.39 is 0 Å². The maximum atomic E-state index is 11.7. The average Bonchev–Trinajstić information content (AvgIpc) is 2.50. The number of hydrogen-bond donors (Lipinski definition) is 1. The van der Waals surface area contributed by atoms with Crippen molar-refractivity contribution in [2.75, 3.05) is 6.61 Å². The van der Waals surface area contributed by atoms with Gasteiger partial charge in [0.25, 0.3) is 5.91 Å². The summed E-state index contributed by atoms with van der Waals surface area (Å²) in [6.07, 6.45) is 1.45. The van der Waals surface area contributed by atoms with Crippen LogP contribution >= 0.6 is 23.2 Å². The van der Waals surface area contributed by atoms with Crippen molar-refractivity contribution in [3.05, 3.63) is 63.1 Å². The van der Waals surface area contributed by atoms with Gasteiger partial charge in [-0.2, -0.15) is 5.10 Å². The van der Waals surface area contributed by atoms with Gasteiger partial charge in [0, 0.05) is 10.6 Å². The van der Waals surface area contributed by atoms with Crippen LogP contribution in [0.15, 0.2) is 41.5 Å². The Balaban J connectivity index is 1.87. The first-order valence-electron chi connectivity index (χ1n) is 6.92. The normalized spacial score (nSPS) is 10.8. The van der Waals surface area contributed by atoms with Gasteiger partial charge in [-0.05, 0) is 43.2 Å². The summed E-state index contributed by atoms with van der Waals surface area (Å²) in [5.74, 6) is 0.331. The van der Waals surface area contributed by atoms with Crippen LogP contribution in [0.25, 0.3) is 0 Å². The van der Waals surface area contributed by atoms with Crippen molar-refractivity contribution < 1.29 is 9.53 Å². The Labute approximate surface area is 145 Å². The monoisotopic (exact) mass is 350 g/mol. The third kappa shape index (κ3) is 5.27. The van der Waals surface area contributed by atoms with E-state index in [1.165, 1.54) is 6.21 Å². The molecule has 0 saturated carbocycles. The van der Waals surface area contributed by atoms with Crippen molar-refractivity contribution in [3.63, 3.8) is 0 Å². The van der Waals surface area contributed by atoms with Crippen molar-refractivity contribution in [1.29, 1.82) is 0 Å². The Kier molecular flexibility index (Phi) is 6.02. The molecule has 2 aromatic rings. The molecule has 0 aliphatic carbocycles. The SMILES string of the molecule is Cc1ccc(C)c(OCC(=O)NN=Cc2ccc(Cl)cc2Cl)c1. The summed E-state index contributed by atoms with van der Waals surface area (Å²) in [7, 11) is 0. The highest BCUT2D eigenvalue weighted by molar-refractivity contribution is 6.36. The van der Waals surface area contributed by atoms with E-state index in [1.54, 1.807) is 18.2 Å². The maximum Gasteiger partial charge on any atom is 0.277 e. The zero-order valence-corrected chi connectivity index (χ0v) is 14.3. The standard InChI is InChI=1S/C17H16Cl2N2O2/c1-11-3-4-12(2)16(7-11)23-10-17(22)21-20-9-13-5-6-14(18)8-15(13)19/h3-9H,10H2,1-2H3,(H,21,22). The zero-order valence-electron chi connectivity index (χ0n) is 12.8. The molecule has 2 aromatic carbocycles. The third-order valence-electron chi connectivity index (χ3n) is 3.06. The number of amides is 1. The lowest BCUT2D eigenvalue weighted by Gasteiger charge is -2.08. The molecule has 0 radical (unpaired) electrons. The number of nitrogens with zero attached hydrogens (tertiary/aromatic N) is 1. The summed E-state index contributed by atoms with van der Waals surface area (Å²) in [6, 6.07) is 10.8. The number of aryl methyl sites for hydroxylation is 2. The molecule has 4 nitrogen and oxygen atoms in total. The van der Waals surface area contributed by atoms with Gasteiger partial charge in [-0.1, -0.05) is 41.4 Å². The summed E-state index contributed by atoms with van der Waals surface area (Å²) < 4.78 is 5.49. The largest absolute Gasteiger partial charge is 0.483 e. The van der Waals surface area contributed by atoms with Crippen LogP contribution in [0.3, 0.4) is 0 Å². The molecule has 0 atom stereocenters. The minimum atomic E-state index is -0.354. The number of halogens is 2. The van der Waals surface area contributed by atoms with Gasteiger partial charge in [0.05, 0.1) is 11.2 Å². The summed E-state index contributed by atoms with van der Waals surface area (Å²) in [5, 5.41) is 4.85. The fraction of sp³-hybridized carbons (Fsp3) is 0.176. The summed E-state index contributed by atoms with van der Waals surface area (Å²) >= 11 is 11.8. The number of hydrogen-bond acceptors (Lipinski definition) is 3. The van der Waals surface area contributed by atoms with E-state index in [1.807, 2.05) is 32.0 Å². The number of carbonyl (C=O) groups excluding carboxylic acids is 1. The van der Waals surface area contributed by atoms with Crippen LogP contribution in [0, 0.1) is 13.8 Å². The summed E-state index contributed by atoms with van der Waals surface area (Å²) in [6.45, 7) is 3.77. The summed E-state index contributed by atoms with van der Waals surface area (Å²) in [5.41, 5.74) is 5.09. The quantitative estimate of drug-likeness (QED) is 0.650. The summed E-state index contributed by atoms with van der Waals surface area (Å²) in [4.78, 5) is 11.7. The van der Waals surface area contributed by atoms with E-state index >= 15 is 0 Å². The van der Waals surface area contributed by atoms with Crippen molar-refractivity contribution in [2.45, 2.75) is 13.8 Å². The molecule has 0 heterocycles. The van der Waals surface area contributed by atoms with Crippen LogP contribution in [0.5, 0.6) is 5.75 Å². The first-order valence-corrected chi connectivity index (χ1v) is 7.68. The van der Waals surface area contributed by atoms with Gasteiger partial charge in [0.15, 0.2) is 6.61 Å². The third-order valence-corrected chi connectivity index (χ3v) is 3.62. The van der Waals surface area contributed by atoms with Crippen LogP contribution in [-0.2, 0) is 4.79 Å². The van der Waals surface area contributed by atoms with Crippen LogP contribution < -0.4 is 10.2 Å². The molecule has 0 spiro atoms. The zero-order chi connectivity index (χ0) is 16.8. The number of ether oxygens (including phenoxy) is 1. The highest BCUT2D eigenvalue weighted by atomic mass is 35.5. The molecule has 0 bridgehead atoms. The van der Waals surface area contributed by atoms with Crippen molar-refractivity contribution in [2.24, 2.45) is 5.10 Å². The maximum absolute atomic E-state index is 11.7. The molecular weight excluding hydrogens is 335 g/mol. The minimum Gasteiger partial charge on any atom is -0.483 e. The van der Waals surface area contributed by atoms with Crippen molar-refractivity contribution in [1.82, 2.24) is 5.43 Å². The molecule has 0 unspecified atom stereocenters. The van der Waals surface area contributed by atoms with Crippen molar-refractivity contribution >= 4 is 35.3 Å². The van der Waals surface area contributed by atoms with Gasteiger partial charge in [-0.25, -0.2) is 5.43 Å². The second-order valence-corrected chi connectivity index (χ2v) is 5.86. The lowest BCUT2D eigenvalue weighted by molar-refractivity contribution is -0.123. The van der Waals surface area contributed by atoms with Gasteiger partial charge in [-0.3, -0.25) is 4.79 Å². The van der Waals surface area contributed by atoms with E-state index in [4.69, 9.17) is 27.9 Å². The Bertz CT molecular complexity index is 745. The molecule has 6 heteroatoms. The van der Waals surface area contributed by atoms with E-state index in [-0.39, 0.29) is 12.5 Å². The van der Waals surface area contributed by atoms with Gasteiger partial charge in [0.1, 0.15) is 5.75 Å². The number of nitrogens with one attached hydrogen (secondary N) is 1. The molecule has 1 amide bonds. The number of benzene rings is 2. The van der Waals surface area contributed by atoms with E-state index in [0.29, 0.717) is 21.4 Å². The van der Waals surface area contributed by atoms with Crippen molar-refractivity contribution in [3.8, 4) is 5.75 Å². The van der Waals surface area contributed by atoms with E-state index in [0.717, 1.165) is 11.1 Å². The van der Waals surface area contributed by atoms with Gasteiger partial charge >= 0.3 is 0 Å². The first kappa shape index (κ1) is 17.3. The first-order chi connectivity index (χ1) is 11.0. The molecule has 0 aliphatic heterocycles. The van der Waals surface area contributed by atoms with Crippen LogP contribution in [0.4, 0.5) is 0 Å². The fourth-order valence-electron chi connectivity index (χ4n) is 1.82. The van der Waals surface area contributed by atoms with Crippen LogP contribution in [-0.4, -0.2) is 18.7 Å². The second-order valence-electron chi connectivity index (χ2n) is 5.02. The molecule has 23 heavy (non-hydrogen) atoms. The molecule has 0 aliphatic rings. The molecule has 0 fully saturated rings. The molecule has 0 saturated heterocycles. The Morgan fingerprint density at radius 1 is 1.22 bits per heavy atom. The average molecular weight is 351 g/mol. The second kappa shape index (κ2) is 7.99. The molecule has 0 aromatic heterocycles. The number of carbonyl (C=O) groups is 1. The topological polar surface area (TPSA) is 50.7 Å². The number of hydrazone groups is 1.